The van der Waals surface area contributed by atoms with Crippen LogP contribution in [0.25, 0.3) is 17.0 Å². The summed E-state index contributed by atoms with van der Waals surface area (Å²) in [6, 6.07) is 12.7. The van der Waals surface area contributed by atoms with Gasteiger partial charge in [0.2, 0.25) is 0 Å². The van der Waals surface area contributed by atoms with E-state index in [1.165, 1.54) is 32.6 Å². The van der Waals surface area contributed by atoms with Gasteiger partial charge >= 0.3 is 5.97 Å². The maximum absolute atomic E-state index is 10.4. The maximum Gasteiger partial charge on any atom is 0.302 e. The van der Waals surface area contributed by atoms with Crippen molar-refractivity contribution in [3.63, 3.8) is 0 Å². The second-order valence-corrected chi connectivity index (χ2v) is 9.59. The van der Waals surface area contributed by atoms with Crippen LogP contribution in [0, 0.1) is 0 Å². The average molecular weight is 521 g/mol. The number of hydrogen-bond donors (Lipinski definition) is 2. The summed E-state index contributed by atoms with van der Waals surface area (Å²) >= 11 is 1.60. The number of esters is 1. The molecule has 1 fully saturated rings. The minimum atomic E-state index is -0.262. The minimum absolute atomic E-state index is 0.262. The summed E-state index contributed by atoms with van der Waals surface area (Å²) in [4.78, 5) is 18.8. The first kappa shape index (κ1) is 29.8. The summed E-state index contributed by atoms with van der Waals surface area (Å²) in [7, 11) is 0. The molecule has 0 amide bonds. The zero-order valence-corrected chi connectivity index (χ0v) is 23.4. The molecule has 0 spiro atoms. The summed E-state index contributed by atoms with van der Waals surface area (Å²) in [5.74, 6) is -0.262. The molecule has 0 atom stereocenters. The molecule has 7 heteroatoms. The van der Waals surface area contributed by atoms with Crippen molar-refractivity contribution >= 4 is 28.1 Å². The van der Waals surface area contributed by atoms with Crippen LogP contribution in [0.1, 0.15) is 70.9 Å². The highest BCUT2D eigenvalue weighted by Gasteiger charge is 2.21. The Balaban J connectivity index is 0.000000268. The Kier molecular flexibility index (Phi) is 13.1. The Bertz CT molecular complexity index is 1100. The van der Waals surface area contributed by atoms with E-state index >= 15 is 0 Å². The van der Waals surface area contributed by atoms with Gasteiger partial charge in [-0.2, -0.15) is 0 Å². The predicted octanol–water partition coefficient (Wildman–Crippen LogP) is 7.82. The number of ether oxygens (including phenoxy) is 1. The molecule has 4 rings (SSSR count). The van der Waals surface area contributed by atoms with Gasteiger partial charge < -0.3 is 15.4 Å². The van der Waals surface area contributed by atoms with Gasteiger partial charge in [0.05, 0.1) is 5.69 Å². The summed E-state index contributed by atoms with van der Waals surface area (Å²) in [5, 5.41) is 9.62. The van der Waals surface area contributed by atoms with E-state index in [-0.39, 0.29) is 5.97 Å². The number of rotatable bonds is 10. The lowest BCUT2D eigenvalue weighted by atomic mass is 10.1. The third-order valence-electron chi connectivity index (χ3n) is 5.39. The normalized spacial score (nSPS) is 11.7. The molecular weight excluding hydrogens is 480 g/mol. The first-order valence-corrected chi connectivity index (χ1v) is 13.7. The van der Waals surface area contributed by atoms with Crippen LogP contribution in [0.15, 0.2) is 73.0 Å². The number of nitrogens with one attached hydrogen (secondary N) is 2. The molecular formula is C30H40N4O2S. The Morgan fingerprint density at radius 2 is 1.70 bits per heavy atom. The van der Waals surface area contributed by atoms with Gasteiger partial charge in [-0.15, -0.1) is 11.3 Å². The van der Waals surface area contributed by atoms with Gasteiger partial charge in [-0.1, -0.05) is 71.0 Å². The van der Waals surface area contributed by atoms with E-state index in [1.54, 1.807) is 23.7 Å². The molecule has 1 saturated carbocycles. The molecule has 1 aliphatic rings. The van der Waals surface area contributed by atoms with E-state index in [2.05, 4.69) is 84.2 Å². The SMILES string of the molecule is C=C(CC)Nc1nc(-c2ccc(C(=C)NC3CC3)cc2)cs1.CC(=O)OCc1ccncc1.CCCC. The van der Waals surface area contributed by atoms with Crippen LogP contribution in [0.3, 0.4) is 0 Å². The number of pyridine rings is 1. The van der Waals surface area contributed by atoms with Crippen molar-refractivity contribution in [3.05, 3.63) is 84.2 Å². The number of hydrogen-bond acceptors (Lipinski definition) is 7. The largest absolute Gasteiger partial charge is 0.461 e. The van der Waals surface area contributed by atoms with Crippen LogP contribution in [-0.4, -0.2) is 22.0 Å². The molecule has 0 aliphatic heterocycles. The zero-order chi connectivity index (χ0) is 27.0. The number of carbonyl (C=O) groups is 1. The maximum atomic E-state index is 10.4. The quantitative estimate of drug-likeness (QED) is 0.265. The predicted molar refractivity (Wildman–Crippen MR) is 156 cm³/mol. The topological polar surface area (TPSA) is 76.1 Å². The molecule has 0 unspecified atom stereocenters. The van der Waals surface area contributed by atoms with Crippen molar-refractivity contribution in [1.82, 2.24) is 15.3 Å². The fourth-order valence-corrected chi connectivity index (χ4v) is 3.53. The molecule has 3 aromatic rings. The molecule has 198 valence electrons. The van der Waals surface area contributed by atoms with Gasteiger partial charge in [0, 0.05) is 47.7 Å². The highest BCUT2D eigenvalue weighted by Crippen LogP contribution is 2.28. The summed E-state index contributed by atoms with van der Waals surface area (Å²) in [5.41, 5.74) is 6.20. The highest BCUT2D eigenvalue weighted by atomic mass is 32.1. The van der Waals surface area contributed by atoms with E-state index < -0.39 is 0 Å². The van der Waals surface area contributed by atoms with Crippen LogP contribution in [0.4, 0.5) is 5.13 Å². The molecule has 37 heavy (non-hydrogen) atoms. The molecule has 0 radical (unpaired) electrons. The third-order valence-corrected chi connectivity index (χ3v) is 6.15. The fourth-order valence-electron chi connectivity index (χ4n) is 2.77. The second kappa shape index (κ2) is 16.3. The minimum Gasteiger partial charge on any atom is -0.461 e. The number of aromatic nitrogens is 2. The van der Waals surface area contributed by atoms with Crippen LogP contribution in [0.5, 0.6) is 0 Å². The summed E-state index contributed by atoms with van der Waals surface area (Å²) in [6.45, 7) is 16.2. The number of benzene rings is 1. The van der Waals surface area contributed by atoms with Gasteiger partial charge in [0.15, 0.2) is 5.13 Å². The van der Waals surface area contributed by atoms with Gasteiger partial charge in [-0.25, -0.2) is 4.98 Å². The molecule has 1 aromatic carbocycles. The smallest absolute Gasteiger partial charge is 0.302 e. The first-order valence-electron chi connectivity index (χ1n) is 12.8. The van der Waals surface area contributed by atoms with Gasteiger partial charge in [-0.3, -0.25) is 9.78 Å². The molecule has 6 nitrogen and oxygen atoms in total. The fraction of sp³-hybridized carbons (Fsp3) is 0.367. The van der Waals surface area contributed by atoms with E-state index in [0.717, 1.165) is 45.3 Å². The van der Waals surface area contributed by atoms with E-state index in [0.29, 0.717) is 12.6 Å². The average Bonchev–Trinajstić information content (AvgIpc) is 3.62. The van der Waals surface area contributed by atoms with Crippen molar-refractivity contribution in [1.29, 1.82) is 0 Å². The Morgan fingerprint density at radius 1 is 1.05 bits per heavy atom. The van der Waals surface area contributed by atoms with Gasteiger partial charge in [0.1, 0.15) is 6.61 Å². The number of thiazole rings is 1. The number of nitrogens with zero attached hydrogens (tertiary/aromatic N) is 2. The molecule has 0 bridgehead atoms. The molecule has 2 aromatic heterocycles. The number of unbranched alkanes of at least 4 members (excludes halogenated alkanes) is 1. The van der Waals surface area contributed by atoms with Crippen LogP contribution in [0.2, 0.25) is 0 Å². The highest BCUT2D eigenvalue weighted by molar-refractivity contribution is 7.14. The van der Waals surface area contributed by atoms with Crippen molar-refractivity contribution in [2.45, 2.75) is 72.4 Å². The van der Waals surface area contributed by atoms with Crippen molar-refractivity contribution < 1.29 is 9.53 Å². The standard InChI is InChI=1S/C18H21N3S.C8H9NO2.C4H10/c1-4-12(2)19-18-21-17(11-22-18)15-7-5-14(6-8-15)13(3)20-16-9-10-16;1-7(10)11-6-8-2-4-9-5-3-8;1-3-4-2/h5-8,11,16,20H,2-4,9-10H2,1H3,(H,19,21);2-5H,6H2,1H3;3-4H2,1-2H3. The Labute approximate surface area is 225 Å². The number of carbonyl (C=O) groups excluding carboxylic acids is 1. The molecule has 2 heterocycles. The van der Waals surface area contributed by atoms with E-state index in [1.807, 2.05) is 12.1 Å². The Morgan fingerprint density at radius 3 is 2.24 bits per heavy atom. The van der Waals surface area contributed by atoms with Gasteiger partial charge in [0.25, 0.3) is 0 Å². The second-order valence-electron chi connectivity index (χ2n) is 8.73. The number of anilines is 1. The first-order chi connectivity index (χ1) is 17.9. The lowest BCUT2D eigenvalue weighted by Crippen LogP contribution is -2.13. The summed E-state index contributed by atoms with van der Waals surface area (Å²) < 4.78 is 4.76. The molecule has 2 N–H and O–H groups in total. The van der Waals surface area contributed by atoms with Crippen molar-refractivity contribution in [2.24, 2.45) is 0 Å². The lowest BCUT2D eigenvalue weighted by molar-refractivity contribution is -0.142. The number of allylic oxidation sites excluding steroid dienone is 1. The van der Waals surface area contributed by atoms with Crippen LogP contribution < -0.4 is 10.6 Å². The molecule has 1 aliphatic carbocycles. The summed E-state index contributed by atoms with van der Waals surface area (Å²) in [6.07, 6.45) is 9.39. The van der Waals surface area contributed by atoms with Crippen LogP contribution >= 0.6 is 11.3 Å². The van der Waals surface area contributed by atoms with E-state index in [9.17, 15) is 4.79 Å². The Hall–Kier alpha value is -3.45. The monoisotopic (exact) mass is 520 g/mol. The van der Waals surface area contributed by atoms with Gasteiger partial charge in [-0.05, 0) is 42.5 Å². The zero-order valence-electron chi connectivity index (χ0n) is 22.5. The molecule has 0 saturated heterocycles. The van der Waals surface area contributed by atoms with E-state index in [4.69, 9.17) is 4.74 Å². The van der Waals surface area contributed by atoms with Crippen LogP contribution in [-0.2, 0) is 16.1 Å². The van der Waals surface area contributed by atoms with Crippen molar-refractivity contribution in [2.75, 3.05) is 5.32 Å². The third kappa shape index (κ3) is 11.9. The lowest BCUT2D eigenvalue weighted by Gasteiger charge is -2.08. The van der Waals surface area contributed by atoms with Crippen molar-refractivity contribution in [3.8, 4) is 11.3 Å².